The number of hydrogen-bond acceptors (Lipinski definition) is 7. The number of nitrogens with zero attached hydrogens (tertiary/aromatic N) is 1. The third-order valence-corrected chi connectivity index (χ3v) is 3.46. The summed E-state index contributed by atoms with van der Waals surface area (Å²) in [4.78, 5) is 46.0. The Labute approximate surface area is 153 Å². The van der Waals surface area contributed by atoms with Crippen molar-refractivity contribution >= 4 is 29.2 Å². The van der Waals surface area contributed by atoms with E-state index in [9.17, 15) is 24.5 Å². The molecule has 10 nitrogen and oxygen atoms in total. The first-order chi connectivity index (χ1) is 12.8. The molecule has 140 valence electrons. The topological polar surface area (TPSA) is 154 Å². The number of rotatable bonds is 5. The van der Waals surface area contributed by atoms with Crippen LogP contribution >= 0.6 is 0 Å². The van der Waals surface area contributed by atoms with Crippen molar-refractivity contribution in [3.05, 3.63) is 69.8 Å². The number of nitro groups is 1. The molecule has 2 aromatic carbocycles. The fourth-order valence-corrected chi connectivity index (χ4v) is 1.99. The molecule has 0 saturated heterocycles. The molecule has 0 radical (unpaired) electrons. The van der Waals surface area contributed by atoms with Gasteiger partial charge in [-0.05, 0) is 25.1 Å². The smallest absolute Gasteiger partial charge is 0.341 e. The van der Waals surface area contributed by atoms with E-state index in [4.69, 9.17) is 10.5 Å². The highest BCUT2D eigenvalue weighted by Gasteiger charge is 2.22. The summed E-state index contributed by atoms with van der Waals surface area (Å²) >= 11 is 0. The summed E-state index contributed by atoms with van der Waals surface area (Å²) in [7, 11) is 0. The zero-order chi connectivity index (χ0) is 20.0. The summed E-state index contributed by atoms with van der Waals surface area (Å²) in [6, 6.07) is 11.4. The average Bonchev–Trinajstić information content (AvgIpc) is 2.66. The van der Waals surface area contributed by atoms with Crippen LogP contribution in [-0.4, -0.2) is 28.8 Å². The maximum Gasteiger partial charge on any atom is 0.341 e. The number of nitrogens with one attached hydrogen (secondary N) is 2. The van der Waals surface area contributed by atoms with Gasteiger partial charge in [0.25, 0.3) is 17.5 Å². The van der Waals surface area contributed by atoms with Crippen LogP contribution in [0.4, 0.5) is 11.4 Å². The summed E-state index contributed by atoms with van der Waals surface area (Å²) in [5, 5.41) is 10.8. The number of esters is 1. The van der Waals surface area contributed by atoms with E-state index in [1.807, 2.05) is 0 Å². The Morgan fingerprint density at radius 3 is 2.41 bits per heavy atom. The molecule has 0 aromatic heterocycles. The lowest BCUT2D eigenvalue weighted by molar-refractivity contribution is -0.384. The number of ether oxygens (including phenoxy) is 1. The van der Waals surface area contributed by atoms with E-state index in [0.717, 1.165) is 12.1 Å². The number of benzene rings is 2. The van der Waals surface area contributed by atoms with Gasteiger partial charge in [-0.1, -0.05) is 18.2 Å². The fourth-order valence-electron chi connectivity index (χ4n) is 1.99. The molecule has 27 heavy (non-hydrogen) atoms. The van der Waals surface area contributed by atoms with Crippen molar-refractivity contribution in [3.8, 4) is 0 Å². The number of hydrogen-bond donors (Lipinski definition) is 3. The number of anilines is 1. The number of nitrogens with two attached hydrogens (primary N) is 1. The second-order valence-electron chi connectivity index (χ2n) is 5.39. The molecule has 2 aromatic rings. The van der Waals surface area contributed by atoms with Gasteiger partial charge in [-0.2, -0.15) is 0 Å². The zero-order valence-electron chi connectivity index (χ0n) is 14.2. The highest BCUT2D eigenvalue weighted by atomic mass is 16.6. The molecule has 2 amide bonds. The molecule has 0 aliphatic heterocycles. The van der Waals surface area contributed by atoms with Gasteiger partial charge in [-0.3, -0.25) is 30.6 Å². The predicted molar refractivity (Wildman–Crippen MR) is 94.4 cm³/mol. The molecule has 0 saturated carbocycles. The van der Waals surface area contributed by atoms with Crippen LogP contribution in [0.1, 0.15) is 27.6 Å². The summed E-state index contributed by atoms with van der Waals surface area (Å²) in [6.45, 7) is 1.27. The minimum absolute atomic E-state index is 0.0319. The monoisotopic (exact) mass is 372 g/mol. The Balaban J connectivity index is 1.96. The lowest BCUT2D eigenvalue weighted by atomic mass is 10.1. The Morgan fingerprint density at radius 1 is 1.11 bits per heavy atom. The van der Waals surface area contributed by atoms with E-state index in [-0.39, 0.29) is 16.9 Å². The van der Waals surface area contributed by atoms with Crippen LogP contribution in [0.25, 0.3) is 0 Å². The van der Waals surface area contributed by atoms with Crippen molar-refractivity contribution in [2.45, 2.75) is 13.0 Å². The molecule has 1 atom stereocenters. The molecule has 0 unspecified atom stereocenters. The molecule has 0 spiro atoms. The standard InChI is InChI=1S/C17H16N4O6/c1-10(15(22)19-20-16(23)11-5-3-2-4-6-11)27-17(24)13-9-12(21(25)26)7-8-14(13)18/h2-10H,18H2,1H3,(H,19,22)(H,20,23)/t10-/m0/s1. The first-order valence-electron chi connectivity index (χ1n) is 7.69. The number of amides is 2. The summed E-state index contributed by atoms with van der Waals surface area (Å²) in [5.74, 6) is -2.35. The average molecular weight is 372 g/mol. The number of carbonyl (C=O) groups is 3. The minimum atomic E-state index is -1.28. The van der Waals surface area contributed by atoms with Crippen molar-refractivity contribution in [1.82, 2.24) is 10.9 Å². The van der Waals surface area contributed by atoms with Crippen LogP contribution < -0.4 is 16.6 Å². The van der Waals surface area contributed by atoms with E-state index >= 15 is 0 Å². The SMILES string of the molecule is C[C@H](OC(=O)c1cc([N+](=O)[O-])ccc1N)C(=O)NNC(=O)c1ccccc1. The molecule has 0 aliphatic rings. The van der Waals surface area contributed by atoms with Gasteiger partial charge in [0.1, 0.15) is 0 Å². The molecule has 10 heteroatoms. The maximum atomic E-state index is 12.1. The molecule has 0 aliphatic carbocycles. The third kappa shape index (κ3) is 5.01. The van der Waals surface area contributed by atoms with Crippen LogP contribution in [0.2, 0.25) is 0 Å². The van der Waals surface area contributed by atoms with Gasteiger partial charge in [0.2, 0.25) is 0 Å². The predicted octanol–water partition coefficient (Wildman–Crippen LogP) is 1.18. The van der Waals surface area contributed by atoms with Crippen LogP contribution in [-0.2, 0) is 9.53 Å². The summed E-state index contributed by atoms with van der Waals surface area (Å²) in [6.07, 6.45) is -1.28. The fraction of sp³-hybridized carbons (Fsp3) is 0.118. The van der Waals surface area contributed by atoms with Crippen molar-refractivity contribution in [2.24, 2.45) is 0 Å². The third-order valence-electron chi connectivity index (χ3n) is 3.46. The summed E-state index contributed by atoms with van der Waals surface area (Å²) in [5.41, 5.74) is 9.65. The van der Waals surface area contributed by atoms with E-state index in [1.54, 1.807) is 30.3 Å². The molecule has 0 bridgehead atoms. The highest BCUT2D eigenvalue weighted by Crippen LogP contribution is 2.20. The van der Waals surface area contributed by atoms with Gasteiger partial charge in [0.05, 0.1) is 10.5 Å². The van der Waals surface area contributed by atoms with E-state index < -0.39 is 28.8 Å². The zero-order valence-corrected chi connectivity index (χ0v) is 14.2. The maximum absolute atomic E-state index is 12.1. The quantitative estimate of drug-likeness (QED) is 0.308. The normalized spacial score (nSPS) is 11.1. The van der Waals surface area contributed by atoms with Gasteiger partial charge in [-0.25, -0.2) is 4.79 Å². The van der Waals surface area contributed by atoms with Crippen molar-refractivity contribution < 1.29 is 24.0 Å². The number of nitrogen functional groups attached to an aromatic ring is 1. The Hall–Kier alpha value is -3.95. The van der Waals surface area contributed by atoms with Gasteiger partial charge < -0.3 is 10.5 Å². The first kappa shape index (κ1) is 19.4. The number of nitro benzene ring substituents is 1. The second-order valence-corrected chi connectivity index (χ2v) is 5.39. The summed E-state index contributed by atoms with van der Waals surface area (Å²) < 4.78 is 4.95. The first-order valence-corrected chi connectivity index (χ1v) is 7.69. The van der Waals surface area contributed by atoms with Crippen molar-refractivity contribution in [3.63, 3.8) is 0 Å². The van der Waals surface area contributed by atoms with Gasteiger partial charge in [-0.15, -0.1) is 0 Å². The second kappa shape index (κ2) is 8.43. The van der Waals surface area contributed by atoms with E-state index in [0.29, 0.717) is 5.56 Å². The number of hydrazine groups is 1. The van der Waals surface area contributed by atoms with Gasteiger partial charge >= 0.3 is 5.97 Å². The van der Waals surface area contributed by atoms with Gasteiger partial charge in [0, 0.05) is 23.4 Å². The van der Waals surface area contributed by atoms with E-state index in [1.165, 1.54) is 13.0 Å². The van der Waals surface area contributed by atoms with Crippen LogP contribution in [0, 0.1) is 10.1 Å². The molecule has 2 rings (SSSR count). The van der Waals surface area contributed by atoms with Gasteiger partial charge in [0.15, 0.2) is 6.10 Å². The van der Waals surface area contributed by atoms with Crippen LogP contribution in [0.5, 0.6) is 0 Å². The Bertz CT molecular complexity index is 884. The van der Waals surface area contributed by atoms with E-state index in [2.05, 4.69) is 10.9 Å². The van der Waals surface area contributed by atoms with Crippen LogP contribution in [0.3, 0.4) is 0 Å². The highest BCUT2D eigenvalue weighted by molar-refractivity contribution is 5.98. The Morgan fingerprint density at radius 2 is 1.78 bits per heavy atom. The number of carbonyl (C=O) groups excluding carboxylic acids is 3. The van der Waals surface area contributed by atoms with Crippen molar-refractivity contribution in [2.75, 3.05) is 5.73 Å². The largest absolute Gasteiger partial charge is 0.449 e. The molecule has 0 heterocycles. The molecule has 0 fully saturated rings. The lowest BCUT2D eigenvalue weighted by Crippen LogP contribution is -2.46. The molecular weight excluding hydrogens is 356 g/mol. The lowest BCUT2D eigenvalue weighted by Gasteiger charge is -2.14. The molecule has 4 N–H and O–H groups in total. The van der Waals surface area contributed by atoms with Crippen molar-refractivity contribution in [1.29, 1.82) is 0 Å². The number of non-ortho nitro benzene ring substituents is 1. The van der Waals surface area contributed by atoms with Crippen LogP contribution in [0.15, 0.2) is 48.5 Å². The molecular formula is C17H16N4O6. The Kier molecular flexibility index (Phi) is 6.05. The minimum Gasteiger partial charge on any atom is -0.449 e.